The first-order chi connectivity index (χ1) is 11.3. The van der Waals surface area contributed by atoms with Crippen molar-refractivity contribution >= 4 is 23.6 Å². The molecule has 0 heterocycles. The van der Waals surface area contributed by atoms with Gasteiger partial charge >= 0.3 is 12.0 Å². The largest absolute Gasteiger partial charge is 0.479 e. The maximum atomic E-state index is 14.0. The number of halogens is 2. The zero-order valence-corrected chi connectivity index (χ0v) is 13.2. The molecular formula is C17H14ClFN2O3. The molecule has 5 nitrogen and oxygen atoms in total. The fourth-order valence-corrected chi connectivity index (χ4v) is 3.18. The molecule has 0 spiro atoms. The molecule has 24 heavy (non-hydrogen) atoms. The van der Waals surface area contributed by atoms with Crippen molar-refractivity contribution in [3.63, 3.8) is 0 Å². The fourth-order valence-electron chi connectivity index (χ4n) is 3.00. The summed E-state index contributed by atoms with van der Waals surface area (Å²) in [5.74, 6) is -2.33. The van der Waals surface area contributed by atoms with Crippen LogP contribution in [0.25, 0.3) is 11.1 Å². The predicted octanol–water partition coefficient (Wildman–Crippen LogP) is 3.13. The highest BCUT2D eigenvalue weighted by molar-refractivity contribution is 6.31. The molecule has 2 unspecified atom stereocenters. The van der Waals surface area contributed by atoms with Crippen molar-refractivity contribution in [2.24, 2.45) is 5.73 Å². The first-order valence-corrected chi connectivity index (χ1v) is 7.58. The highest BCUT2D eigenvalue weighted by Crippen LogP contribution is 2.54. The zero-order chi connectivity index (χ0) is 17.5. The number of carbonyl (C=O) groups excluding carboxylic acids is 1. The summed E-state index contributed by atoms with van der Waals surface area (Å²) in [5.41, 5.74) is 5.44. The van der Waals surface area contributed by atoms with Crippen LogP contribution < -0.4 is 11.1 Å². The van der Waals surface area contributed by atoms with Crippen LogP contribution in [0.2, 0.25) is 5.02 Å². The highest BCUT2D eigenvalue weighted by atomic mass is 35.5. The number of carboxylic acids is 1. The van der Waals surface area contributed by atoms with Crippen molar-refractivity contribution in [3.05, 3.63) is 58.9 Å². The molecule has 1 aliphatic rings. The lowest BCUT2D eigenvalue weighted by molar-refractivity contribution is -0.140. The third-order valence-electron chi connectivity index (χ3n) is 4.24. The lowest BCUT2D eigenvalue weighted by Gasteiger charge is -2.16. The number of hydrogen-bond acceptors (Lipinski definition) is 2. The summed E-state index contributed by atoms with van der Waals surface area (Å²) >= 11 is 5.89. The minimum Gasteiger partial charge on any atom is -0.479 e. The quantitative estimate of drug-likeness (QED) is 0.792. The van der Waals surface area contributed by atoms with Gasteiger partial charge in [-0.1, -0.05) is 41.9 Å². The van der Waals surface area contributed by atoms with Crippen molar-refractivity contribution in [2.75, 3.05) is 0 Å². The van der Waals surface area contributed by atoms with E-state index in [4.69, 9.17) is 17.3 Å². The number of aliphatic carboxylic acids is 1. The summed E-state index contributed by atoms with van der Waals surface area (Å²) < 4.78 is 14.0. The molecule has 2 aromatic rings. The van der Waals surface area contributed by atoms with Gasteiger partial charge in [0.05, 0.1) is 5.02 Å². The van der Waals surface area contributed by atoms with Crippen LogP contribution in [-0.4, -0.2) is 22.6 Å². The number of nitrogens with two attached hydrogens (primary N) is 1. The van der Waals surface area contributed by atoms with E-state index in [9.17, 15) is 19.1 Å². The van der Waals surface area contributed by atoms with Gasteiger partial charge in [-0.2, -0.15) is 0 Å². The lowest BCUT2D eigenvalue weighted by Crippen LogP contribution is -2.47. The van der Waals surface area contributed by atoms with E-state index in [0.717, 1.165) is 5.56 Å². The van der Waals surface area contributed by atoms with Crippen molar-refractivity contribution in [1.29, 1.82) is 0 Å². The molecule has 1 fully saturated rings. The van der Waals surface area contributed by atoms with Gasteiger partial charge < -0.3 is 16.2 Å². The topological polar surface area (TPSA) is 92.4 Å². The summed E-state index contributed by atoms with van der Waals surface area (Å²) in [6.07, 6.45) is 0.160. The molecule has 2 atom stereocenters. The normalized spacial score (nSPS) is 22.0. The molecule has 124 valence electrons. The maximum Gasteiger partial charge on any atom is 0.330 e. The van der Waals surface area contributed by atoms with Crippen molar-refractivity contribution in [1.82, 2.24) is 5.32 Å². The van der Waals surface area contributed by atoms with Crippen LogP contribution in [0.4, 0.5) is 9.18 Å². The molecule has 1 aliphatic carbocycles. The van der Waals surface area contributed by atoms with Crippen molar-refractivity contribution < 1.29 is 19.1 Å². The van der Waals surface area contributed by atoms with E-state index in [1.165, 1.54) is 12.1 Å². The van der Waals surface area contributed by atoms with Gasteiger partial charge in [0.15, 0.2) is 0 Å². The van der Waals surface area contributed by atoms with Gasteiger partial charge in [0.25, 0.3) is 0 Å². The molecular weight excluding hydrogens is 335 g/mol. The van der Waals surface area contributed by atoms with E-state index in [2.05, 4.69) is 5.32 Å². The maximum absolute atomic E-state index is 14.0. The number of hydrogen-bond donors (Lipinski definition) is 3. The molecule has 0 saturated heterocycles. The minimum absolute atomic E-state index is 0.102. The zero-order valence-electron chi connectivity index (χ0n) is 12.4. The molecule has 1 saturated carbocycles. The summed E-state index contributed by atoms with van der Waals surface area (Å²) in [6.45, 7) is 0. The van der Waals surface area contributed by atoms with Crippen molar-refractivity contribution in [2.45, 2.75) is 17.9 Å². The number of rotatable bonds is 4. The summed E-state index contributed by atoms with van der Waals surface area (Å²) in [4.78, 5) is 22.8. The monoisotopic (exact) mass is 348 g/mol. The molecule has 0 bridgehead atoms. The fraction of sp³-hybridized carbons (Fsp3) is 0.176. The average Bonchev–Trinajstić information content (AvgIpc) is 3.25. The smallest absolute Gasteiger partial charge is 0.330 e. The molecule has 2 aromatic carbocycles. The Kier molecular flexibility index (Phi) is 3.93. The summed E-state index contributed by atoms with van der Waals surface area (Å²) in [6, 6.07) is 10.8. The second-order valence-electron chi connectivity index (χ2n) is 5.74. The molecule has 4 N–H and O–H groups in total. The van der Waals surface area contributed by atoms with Gasteiger partial charge in [-0.25, -0.2) is 14.0 Å². The minimum atomic E-state index is -1.49. The Morgan fingerprint density at radius 3 is 2.54 bits per heavy atom. The third-order valence-corrected chi connectivity index (χ3v) is 4.53. The average molecular weight is 349 g/mol. The second-order valence-corrected chi connectivity index (χ2v) is 6.15. The molecule has 0 radical (unpaired) electrons. The third kappa shape index (κ3) is 2.69. The van der Waals surface area contributed by atoms with Crippen LogP contribution in [0.1, 0.15) is 17.9 Å². The van der Waals surface area contributed by atoms with E-state index in [1.807, 2.05) is 6.07 Å². The van der Waals surface area contributed by atoms with Gasteiger partial charge in [0, 0.05) is 5.92 Å². The number of carbonyl (C=O) groups is 2. The first kappa shape index (κ1) is 16.3. The molecule has 3 rings (SSSR count). The molecule has 0 aliphatic heterocycles. The van der Waals surface area contributed by atoms with Crippen LogP contribution >= 0.6 is 11.6 Å². The van der Waals surface area contributed by atoms with Gasteiger partial charge in [-0.05, 0) is 35.2 Å². The number of nitrogens with one attached hydrogen (secondary N) is 1. The van der Waals surface area contributed by atoms with Crippen LogP contribution in [0.3, 0.4) is 0 Å². The number of urea groups is 1. The van der Waals surface area contributed by atoms with E-state index in [0.29, 0.717) is 11.1 Å². The SMILES string of the molecule is NC(=O)NC1(C(=O)O)CC1c1cc(Cl)c(F)cc1-c1ccccc1. The Morgan fingerprint density at radius 2 is 1.96 bits per heavy atom. The van der Waals surface area contributed by atoms with Crippen LogP contribution in [-0.2, 0) is 4.79 Å². The van der Waals surface area contributed by atoms with Crippen LogP contribution in [0, 0.1) is 5.82 Å². The van der Waals surface area contributed by atoms with Gasteiger partial charge in [0.2, 0.25) is 0 Å². The lowest BCUT2D eigenvalue weighted by atomic mass is 9.94. The predicted molar refractivity (Wildman–Crippen MR) is 87.3 cm³/mol. The Balaban J connectivity index is 2.10. The number of carboxylic acid groups (broad SMARTS) is 1. The first-order valence-electron chi connectivity index (χ1n) is 7.20. The van der Waals surface area contributed by atoms with Crippen LogP contribution in [0.5, 0.6) is 0 Å². The molecule has 2 amide bonds. The van der Waals surface area contributed by atoms with Gasteiger partial charge in [0.1, 0.15) is 11.4 Å². The number of primary amides is 1. The van der Waals surface area contributed by atoms with E-state index < -0.39 is 29.3 Å². The molecule has 0 aromatic heterocycles. The van der Waals surface area contributed by atoms with Crippen LogP contribution in [0.15, 0.2) is 42.5 Å². The summed E-state index contributed by atoms with van der Waals surface area (Å²) in [5, 5.41) is 11.7. The van der Waals surface area contributed by atoms with Gasteiger partial charge in [-0.15, -0.1) is 0 Å². The standard InChI is InChI=1S/C17H14ClFN2O3/c18-13-6-11(12-8-17(12,15(22)23)21-16(20)24)10(7-14(13)19)9-4-2-1-3-5-9/h1-7,12H,8H2,(H,22,23)(H3,20,21,24). The second kappa shape index (κ2) is 5.79. The number of amides is 2. The number of benzene rings is 2. The van der Waals surface area contributed by atoms with E-state index in [1.54, 1.807) is 24.3 Å². The summed E-state index contributed by atoms with van der Waals surface area (Å²) in [7, 11) is 0. The highest BCUT2D eigenvalue weighted by Gasteiger charge is 2.62. The van der Waals surface area contributed by atoms with Crippen molar-refractivity contribution in [3.8, 4) is 11.1 Å². The Hall–Kier alpha value is -2.60. The Labute approximate surface area is 142 Å². The van der Waals surface area contributed by atoms with E-state index >= 15 is 0 Å². The van der Waals surface area contributed by atoms with Gasteiger partial charge in [-0.3, -0.25) is 0 Å². The molecule has 7 heteroatoms. The van der Waals surface area contributed by atoms with E-state index in [-0.39, 0.29) is 11.4 Å². The Morgan fingerprint density at radius 1 is 1.29 bits per heavy atom. The Bertz CT molecular complexity index is 828.